The van der Waals surface area contributed by atoms with Gasteiger partial charge < -0.3 is 20.3 Å². The largest absolute Gasteiger partial charge is 0.491 e. The minimum Gasteiger partial charge on any atom is -0.491 e. The summed E-state index contributed by atoms with van der Waals surface area (Å²) in [5, 5.41) is 8.74. The molecule has 3 N–H and O–H groups in total. The van der Waals surface area contributed by atoms with Gasteiger partial charge in [-0.2, -0.15) is 0 Å². The van der Waals surface area contributed by atoms with E-state index < -0.39 is 12.0 Å². The molecule has 0 spiro atoms. The summed E-state index contributed by atoms with van der Waals surface area (Å²) in [6.07, 6.45) is 2.66. The van der Waals surface area contributed by atoms with E-state index in [0.29, 0.717) is 13.0 Å². The van der Waals surface area contributed by atoms with Gasteiger partial charge in [0.25, 0.3) is 0 Å². The van der Waals surface area contributed by atoms with Gasteiger partial charge in [0, 0.05) is 6.61 Å². The smallest absolute Gasteiger partial charge is 0.320 e. The van der Waals surface area contributed by atoms with Crippen LogP contribution in [-0.4, -0.2) is 36.4 Å². The van der Waals surface area contributed by atoms with Crippen LogP contribution in [0.5, 0.6) is 5.75 Å². The van der Waals surface area contributed by atoms with Crippen LogP contribution in [-0.2, 0) is 16.0 Å². The first kappa shape index (κ1) is 13.8. The quantitative estimate of drug-likeness (QED) is 0.807. The Morgan fingerprint density at radius 1 is 1.47 bits per heavy atom. The zero-order valence-corrected chi connectivity index (χ0v) is 10.7. The van der Waals surface area contributed by atoms with E-state index in [9.17, 15) is 4.79 Å². The van der Waals surface area contributed by atoms with Crippen molar-refractivity contribution in [2.24, 2.45) is 5.73 Å². The molecule has 2 rings (SSSR count). The predicted octanol–water partition coefficient (Wildman–Crippen LogP) is 1.20. The predicted molar refractivity (Wildman–Crippen MR) is 70.2 cm³/mol. The third-order valence-electron chi connectivity index (χ3n) is 3.16. The van der Waals surface area contributed by atoms with Crippen LogP contribution in [0, 0.1) is 0 Å². The second kappa shape index (κ2) is 6.54. The molecule has 1 aromatic carbocycles. The molecule has 5 nitrogen and oxygen atoms in total. The van der Waals surface area contributed by atoms with Crippen LogP contribution in [0.4, 0.5) is 0 Å². The van der Waals surface area contributed by atoms with E-state index in [0.717, 1.165) is 30.8 Å². The highest BCUT2D eigenvalue weighted by Gasteiger charge is 2.16. The van der Waals surface area contributed by atoms with Crippen molar-refractivity contribution in [1.29, 1.82) is 0 Å². The van der Waals surface area contributed by atoms with Gasteiger partial charge in [0.1, 0.15) is 18.4 Å². The van der Waals surface area contributed by atoms with Crippen LogP contribution in [0.2, 0.25) is 0 Å². The summed E-state index contributed by atoms with van der Waals surface area (Å²) in [6, 6.07) is 6.48. The Balaban J connectivity index is 1.82. The lowest BCUT2D eigenvalue weighted by atomic mass is 10.1. The maximum atomic E-state index is 10.7. The normalized spacial score (nSPS) is 20.2. The Bertz CT molecular complexity index is 412. The number of carboxylic acid groups (broad SMARTS) is 1. The highest BCUT2D eigenvalue weighted by atomic mass is 16.5. The first-order chi connectivity index (χ1) is 9.15. The molecule has 5 heteroatoms. The Hall–Kier alpha value is -1.59. The minimum atomic E-state index is -0.987. The monoisotopic (exact) mass is 265 g/mol. The molecule has 2 atom stereocenters. The SMILES string of the molecule is NC(Cc1ccc(OCC2CCCO2)cc1)C(=O)O. The Morgan fingerprint density at radius 2 is 2.21 bits per heavy atom. The van der Waals surface area contributed by atoms with E-state index in [2.05, 4.69) is 0 Å². The van der Waals surface area contributed by atoms with E-state index in [1.165, 1.54) is 0 Å². The zero-order valence-electron chi connectivity index (χ0n) is 10.7. The fourth-order valence-corrected chi connectivity index (χ4v) is 2.03. The molecule has 1 heterocycles. The molecule has 1 saturated heterocycles. The summed E-state index contributed by atoms with van der Waals surface area (Å²) in [7, 11) is 0. The highest BCUT2D eigenvalue weighted by Crippen LogP contribution is 2.17. The lowest BCUT2D eigenvalue weighted by molar-refractivity contribution is -0.138. The van der Waals surface area contributed by atoms with Crippen molar-refractivity contribution in [3.8, 4) is 5.75 Å². The molecule has 1 aromatic rings. The number of carboxylic acids is 1. The summed E-state index contributed by atoms with van der Waals surface area (Å²) in [5.41, 5.74) is 6.37. The first-order valence-electron chi connectivity index (χ1n) is 6.47. The maximum Gasteiger partial charge on any atom is 0.320 e. The zero-order chi connectivity index (χ0) is 13.7. The number of ether oxygens (including phenoxy) is 2. The second-order valence-corrected chi connectivity index (χ2v) is 4.74. The van der Waals surface area contributed by atoms with Crippen LogP contribution in [0.1, 0.15) is 18.4 Å². The van der Waals surface area contributed by atoms with E-state index in [1.807, 2.05) is 24.3 Å². The van der Waals surface area contributed by atoms with Crippen molar-refractivity contribution >= 4 is 5.97 Å². The Kier molecular flexibility index (Phi) is 4.76. The Morgan fingerprint density at radius 3 is 2.79 bits per heavy atom. The van der Waals surface area contributed by atoms with Gasteiger partial charge >= 0.3 is 5.97 Å². The van der Waals surface area contributed by atoms with Crippen molar-refractivity contribution in [3.05, 3.63) is 29.8 Å². The summed E-state index contributed by atoms with van der Waals surface area (Å²) in [4.78, 5) is 10.7. The topological polar surface area (TPSA) is 81.8 Å². The van der Waals surface area contributed by atoms with Gasteiger partial charge in [-0.25, -0.2) is 0 Å². The van der Waals surface area contributed by atoms with Crippen LogP contribution < -0.4 is 10.5 Å². The van der Waals surface area contributed by atoms with Crippen molar-refractivity contribution in [2.75, 3.05) is 13.2 Å². The van der Waals surface area contributed by atoms with E-state index in [-0.39, 0.29) is 6.10 Å². The second-order valence-electron chi connectivity index (χ2n) is 4.74. The molecule has 2 unspecified atom stereocenters. The summed E-state index contributed by atoms with van der Waals surface area (Å²) < 4.78 is 11.1. The van der Waals surface area contributed by atoms with Gasteiger partial charge in [-0.15, -0.1) is 0 Å². The fourth-order valence-electron chi connectivity index (χ4n) is 2.03. The first-order valence-corrected chi connectivity index (χ1v) is 6.47. The van der Waals surface area contributed by atoms with E-state index in [1.54, 1.807) is 0 Å². The molecule has 1 fully saturated rings. The lowest BCUT2D eigenvalue weighted by Gasteiger charge is -2.12. The van der Waals surface area contributed by atoms with Crippen LogP contribution in [0.3, 0.4) is 0 Å². The molecule has 0 aromatic heterocycles. The molecule has 0 amide bonds. The van der Waals surface area contributed by atoms with Crippen molar-refractivity contribution in [3.63, 3.8) is 0 Å². The maximum absolute atomic E-state index is 10.7. The van der Waals surface area contributed by atoms with E-state index in [4.69, 9.17) is 20.3 Å². The standard InChI is InChI=1S/C14H19NO4/c15-13(14(16)17)8-10-3-5-11(6-4-10)19-9-12-2-1-7-18-12/h3-6,12-13H,1-2,7-9,15H2,(H,16,17). The van der Waals surface area contributed by atoms with Gasteiger partial charge in [-0.05, 0) is 37.0 Å². The third-order valence-corrected chi connectivity index (χ3v) is 3.16. The number of rotatable bonds is 6. The summed E-state index contributed by atoms with van der Waals surface area (Å²) >= 11 is 0. The molecular formula is C14H19NO4. The lowest BCUT2D eigenvalue weighted by Crippen LogP contribution is -2.32. The van der Waals surface area contributed by atoms with Gasteiger partial charge in [-0.3, -0.25) is 4.79 Å². The number of nitrogens with two attached hydrogens (primary N) is 1. The average Bonchev–Trinajstić information content (AvgIpc) is 2.91. The molecule has 0 radical (unpaired) electrons. The number of carbonyl (C=O) groups is 1. The van der Waals surface area contributed by atoms with Crippen molar-refractivity contribution in [1.82, 2.24) is 0 Å². The molecule has 0 aliphatic carbocycles. The third kappa shape index (κ3) is 4.22. The van der Waals surface area contributed by atoms with Crippen LogP contribution in [0.25, 0.3) is 0 Å². The van der Waals surface area contributed by atoms with Crippen molar-refractivity contribution < 1.29 is 19.4 Å². The van der Waals surface area contributed by atoms with E-state index >= 15 is 0 Å². The van der Waals surface area contributed by atoms with Gasteiger partial charge in [0.05, 0.1) is 6.10 Å². The number of aliphatic carboxylic acids is 1. The fraction of sp³-hybridized carbons (Fsp3) is 0.500. The number of hydrogen-bond donors (Lipinski definition) is 2. The van der Waals surface area contributed by atoms with Gasteiger partial charge in [0.2, 0.25) is 0 Å². The van der Waals surface area contributed by atoms with Crippen molar-refractivity contribution in [2.45, 2.75) is 31.4 Å². The highest BCUT2D eigenvalue weighted by molar-refractivity contribution is 5.73. The minimum absolute atomic E-state index is 0.195. The average molecular weight is 265 g/mol. The molecule has 1 aliphatic rings. The summed E-state index contributed by atoms with van der Waals surface area (Å²) in [5.74, 6) is -0.221. The molecular weight excluding hydrogens is 246 g/mol. The van der Waals surface area contributed by atoms with Crippen LogP contribution >= 0.6 is 0 Å². The number of hydrogen-bond acceptors (Lipinski definition) is 4. The number of benzene rings is 1. The molecule has 19 heavy (non-hydrogen) atoms. The summed E-state index contributed by atoms with van der Waals surface area (Å²) in [6.45, 7) is 1.38. The molecule has 0 saturated carbocycles. The molecule has 0 bridgehead atoms. The van der Waals surface area contributed by atoms with Gasteiger partial charge in [0.15, 0.2) is 0 Å². The van der Waals surface area contributed by atoms with Crippen LogP contribution in [0.15, 0.2) is 24.3 Å². The molecule has 104 valence electrons. The van der Waals surface area contributed by atoms with Gasteiger partial charge in [-0.1, -0.05) is 12.1 Å². The Labute approximate surface area is 112 Å². The molecule has 1 aliphatic heterocycles.